The summed E-state index contributed by atoms with van der Waals surface area (Å²) in [4.78, 5) is 17.2. The molecular formula is C12H16N2O2. The highest BCUT2D eigenvalue weighted by molar-refractivity contribution is 5.74. The zero-order valence-corrected chi connectivity index (χ0v) is 9.34. The number of carboxylic acid groups (broad SMARTS) is 1. The van der Waals surface area contributed by atoms with E-state index in [0.717, 1.165) is 18.5 Å². The van der Waals surface area contributed by atoms with Crippen LogP contribution in [0.1, 0.15) is 18.9 Å². The fraction of sp³-hybridized carbons (Fsp3) is 0.500. The molecule has 0 radical (unpaired) electrons. The van der Waals surface area contributed by atoms with Crippen molar-refractivity contribution < 1.29 is 9.90 Å². The fourth-order valence-corrected chi connectivity index (χ4v) is 2.33. The topological polar surface area (TPSA) is 53.4 Å². The van der Waals surface area contributed by atoms with Crippen molar-refractivity contribution in [2.45, 2.75) is 25.9 Å². The van der Waals surface area contributed by atoms with Crippen LogP contribution in [-0.4, -0.2) is 33.5 Å². The third-order valence-corrected chi connectivity index (χ3v) is 3.17. The molecule has 4 nitrogen and oxygen atoms in total. The Balaban J connectivity index is 2.07. The Labute approximate surface area is 94.9 Å². The molecule has 2 heterocycles. The summed E-state index contributed by atoms with van der Waals surface area (Å²) in [6.07, 6.45) is 4.48. The predicted molar refractivity (Wildman–Crippen MR) is 59.9 cm³/mol. The summed E-state index contributed by atoms with van der Waals surface area (Å²) >= 11 is 0. The molecule has 1 N–H and O–H groups in total. The van der Waals surface area contributed by atoms with E-state index in [9.17, 15) is 9.90 Å². The molecule has 0 amide bonds. The third-order valence-electron chi connectivity index (χ3n) is 3.17. The van der Waals surface area contributed by atoms with Gasteiger partial charge >= 0.3 is 5.97 Å². The lowest BCUT2D eigenvalue weighted by atomic mass is 10.0. The van der Waals surface area contributed by atoms with E-state index in [1.165, 1.54) is 0 Å². The van der Waals surface area contributed by atoms with Gasteiger partial charge in [0.2, 0.25) is 0 Å². The number of likely N-dealkylation sites (tertiary alicyclic amines) is 1. The molecule has 2 unspecified atom stereocenters. The molecule has 1 aromatic heterocycles. The third kappa shape index (κ3) is 2.22. The molecule has 0 aliphatic carbocycles. The van der Waals surface area contributed by atoms with E-state index in [4.69, 9.17) is 0 Å². The fourth-order valence-electron chi connectivity index (χ4n) is 2.33. The summed E-state index contributed by atoms with van der Waals surface area (Å²) in [7, 11) is 0. The molecule has 1 aliphatic heterocycles. The van der Waals surface area contributed by atoms with Crippen molar-refractivity contribution in [3.05, 3.63) is 30.1 Å². The van der Waals surface area contributed by atoms with Gasteiger partial charge in [0.1, 0.15) is 6.04 Å². The Bertz CT molecular complexity index is 367. The minimum absolute atomic E-state index is 0.231. The van der Waals surface area contributed by atoms with E-state index in [1.54, 1.807) is 12.4 Å². The number of aliphatic carboxylic acids is 1. The van der Waals surface area contributed by atoms with Gasteiger partial charge in [-0.15, -0.1) is 0 Å². The maximum atomic E-state index is 11.2. The highest BCUT2D eigenvalue weighted by Crippen LogP contribution is 2.25. The van der Waals surface area contributed by atoms with E-state index in [1.807, 2.05) is 24.0 Å². The highest BCUT2D eigenvalue weighted by atomic mass is 16.4. The molecule has 2 atom stereocenters. The molecule has 1 saturated heterocycles. The molecule has 0 spiro atoms. The van der Waals surface area contributed by atoms with Crippen molar-refractivity contribution in [2.75, 3.05) is 6.54 Å². The number of hydrogen-bond acceptors (Lipinski definition) is 3. The van der Waals surface area contributed by atoms with Crippen LogP contribution < -0.4 is 0 Å². The largest absolute Gasteiger partial charge is 0.480 e. The van der Waals surface area contributed by atoms with Crippen LogP contribution in [0.5, 0.6) is 0 Å². The number of carbonyl (C=O) groups is 1. The smallest absolute Gasteiger partial charge is 0.321 e. The second-order valence-electron chi connectivity index (χ2n) is 4.38. The van der Waals surface area contributed by atoms with Gasteiger partial charge in [-0.1, -0.05) is 13.0 Å². The van der Waals surface area contributed by atoms with Crippen LogP contribution in [-0.2, 0) is 11.3 Å². The number of carboxylic acids is 1. The van der Waals surface area contributed by atoms with Crippen molar-refractivity contribution in [3.8, 4) is 0 Å². The van der Waals surface area contributed by atoms with Gasteiger partial charge in [0.25, 0.3) is 0 Å². The van der Waals surface area contributed by atoms with Crippen molar-refractivity contribution in [1.82, 2.24) is 9.88 Å². The second kappa shape index (κ2) is 4.61. The molecule has 0 aromatic carbocycles. The first kappa shape index (κ1) is 11.1. The van der Waals surface area contributed by atoms with Crippen LogP contribution in [0, 0.1) is 5.92 Å². The SMILES string of the molecule is CC1CCN(Cc2cccnc2)C1C(=O)O. The average Bonchev–Trinajstić information content (AvgIpc) is 2.61. The maximum absolute atomic E-state index is 11.2. The lowest BCUT2D eigenvalue weighted by Crippen LogP contribution is -2.38. The first-order chi connectivity index (χ1) is 7.68. The number of rotatable bonds is 3. The lowest BCUT2D eigenvalue weighted by molar-refractivity contribution is -0.143. The quantitative estimate of drug-likeness (QED) is 0.836. The van der Waals surface area contributed by atoms with Crippen LogP contribution in [0.25, 0.3) is 0 Å². The number of hydrogen-bond donors (Lipinski definition) is 1. The number of pyridine rings is 1. The van der Waals surface area contributed by atoms with Crippen LogP contribution in [0.15, 0.2) is 24.5 Å². The number of aromatic nitrogens is 1. The van der Waals surface area contributed by atoms with Crippen LogP contribution in [0.3, 0.4) is 0 Å². The monoisotopic (exact) mass is 220 g/mol. The summed E-state index contributed by atoms with van der Waals surface area (Å²) in [5, 5.41) is 9.17. The van der Waals surface area contributed by atoms with Crippen LogP contribution >= 0.6 is 0 Å². The zero-order valence-electron chi connectivity index (χ0n) is 9.34. The first-order valence-corrected chi connectivity index (χ1v) is 5.54. The van der Waals surface area contributed by atoms with Gasteiger partial charge in [-0.05, 0) is 30.5 Å². The Kier molecular flexibility index (Phi) is 3.19. The van der Waals surface area contributed by atoms with E-state index < -0.39 is 5.97 Å². The van der Waals surface area contributed by atoms with E-state index in [2.05, 4.69) is 4.98 Å². The van der Waals surface area contributed by atoms with Crippen LogP contribution in [0.4, 0.5) is 0 Å². The van der Waals surface area contributed by atoms with Gasteiger partial charge in [-0.25, -0.2) is 0 Å². The van der Waals surface area contributed by atoms with Gasteiger partial charge < -0.3 is 5.11 Å². The number of nitrogens with zero attached hydrogens (tertiary/aromatic N) is 2. The molecule has 1 fully saturated rings. The van der Waals surface area contributed by atoms with E-state index in [-0.39, 0.29) is 12.0 Å². The summed E-state index contributed by atoms with van der Waals surface area (Å²) in [5.74, 6) is -0.483. The average molecular weight is 220 g/mol. The van der Waals surface area contributed by atoms with Gasteiger partial charge in [0.05, 0.1) is 0 Å². The van der Waals surface area contributed by atoms with Gasteiger partial charge in [-0.3, -0.25) is 14.7 Å². The van der Waals surface area contributed by atoms with Gasteiger partial charge in [0, 0.05) is 18.9 Å². The van der Waals surface area contributed by atoms with Crippen molar-refractivity contribution in [2.24, 2.45) is 5.92 Å². The predicted octanol–water partition coefficient (Wildman–Crippen LogP) is 1.38. The molecule has 1 aliphatic rings. The zero-order chi connectivity index (χ0) is 11.5. The van der Waals surface area contributed by atoms with Crippen LogP contribution in [0.2, 0.25) is 0 Å². The molecule has 2 rings (SSSR count). The Hall–Kier alpha value is -1.42. The van der Waals surface area contributed by atoms with E-state index in [0.29, 0.717) is 6.54 Å². The Morgan fingerprint density at radius 2 is 2.50 bits per heavy atom. The van der Waals surface area contributed by atoms with Gasteiger partial charge in [-0.2, -0.15) is 0 Å². The van der Waals surface area contributed by atoms with Crippen molar-refractivity contribution in [1.29, 1.82) is 0 Å². The summed E-state index contributed by atoms with van der Waals surface area (Å²) in [6.45, 7) is 3.53. The molecular weight excluding hydrogens is 204 g/mol. The summed E-state index contributed by atoms with van der Waals surface area (Å²) in [5.41, 5.74) is 1.07. The molecule has 86 valence electrons. The lowest BCUT2D eigenvalue weighted by Gasteiger charge is -2.22. The molecule has 4 heteroatoms. The minimum Gasteiger partial charge on any atom is -0.480 e. The van der Waals surface area contributed by atoms with Crippen molar-refractivity contribution in [3.63, 3.8) is 0 Å². The Morgan fingerprint density at radius 1 is 1.69 bits per heavy atom. The van der Waals surface area contributed by atoms with Gasteiger partial charge in [0.15, 0.2) is 0 Å². The maximum Gasteiger partial charge on any atom is 0.321 e. The normalized spacial score (nSPS) is 25.8. The molecule has 0 saturated carbocycles. The first-order valence-electron chi connectivity index (χ1n) is 5.54. The molecule has 1 aromatic rings. The summed E-state index contributed by atoms with van der Waals surface area (Å²) < 4.78 is 0. The summed E-state index contributed by atoms with van der Waals surface area (Å²) in [6, 6.07) is 3.51. The highest BCUT2D eigenvalue weighted by Gasteiger charge is 2.36. The second-order valence-corrected chi connectivity index (χ2v) is 4.38. The molecule has 0 bridgehead atoms. The van der Waals surface area contributed by atoms with Crippen molar-refractivity contribution >= 4 is 5.97 Å². The standard InChI is InChI=1S/C12H16N2O2/c1-9-4-6-14(11(9)12(15)16)8-10-3-2-5-13-7-10/h2-3,5,7,9,11H,4,6,8H2,1H3,(H,15,16). The Morgan fingerprint density at radius 3 is 3.12 bits per heavy atom. The minimum atomic E-state index is -0.714. The molecule has 16 heavy (non-hydrogen) atoms. The van der Waals surface area contributed by atoms with E-state index >= 15 is 0 Å².